The highest BCUT2D eigenvalue weighted by Gasteiger charge is 2.28. The van der Waals surface area contributed by atoms with Gasteiger partial charge in [-0.1, -0.05) is 0 Å². The van der Waals surface area contributed by atoms with Crippen LogP contribution in [0.2, 0.25) is 0 Å². The first-order valence-corrected chi connectivity index (χ1v) is 7.81. The zero-order chi connectivity index (χ0) is 11.4. The van der Waals surface area contributed by atoms with Gasteiger partial charge in [-0.3, -0.25) is 0 Å². The van der Waals surface area contributed by atoms with E-state index >= 15 is 0 Å². The Kier molecular flexibility index (Phi) is 4.21. The first-order valence-electron chi connectivity index (χ1n) is 6.09. The normalized spacial score (nSPS) is 28.4. The van der Waals surface area contributed by atoms with E-state index in [1.807, 2.05) is 0 Å². The molecule has 0 N–H and O–H groups in total. The van der Waals surface area contributed by atoms with Gasteiger partial charge in [-0.25, -0.2) is 8.42 Å². The van der Waals surface area contributed by atoms with Crippen molar-refractivity contribution in [2.75, 3.05) is 25.6 Å². The Morgan fingerprint density at radius 1 is 1.06 bits per heavy atom. The summed E-state index contributed by atoms with van der Waals surface area (Å²) in [5.74, 6) is 0.280. The third kappa shape index (κ3) is 3.18. The molecule has 2 saturated heterocycles. The van der Waals surface area contributed by atoms with Crippen molar-refractivity contribution in [3.63, 3.8) is 0 Å². The second kappa shape index (κ2) is 5.47. The molecule has 0 bridgehead atoms. The molecule has 0 aliphatic carbocycles. The predicted octanol–water partition coefficient (Wildman–Crippen LogP) is 1.15. The van der Waals surface area contributed by atoms with E-state index in [9.17, 15) is 8.42 Å². The summed E-state index contributed by atoms with van der Waals surface area (Å²) >= 11 is 0. The number of hydrogen-bond donors (Lipinski definition) is 0. The van der Waals surface area contributed by atoms with Gasteiger partial charge < -0.3 is 9.47 Å². The first-order chi connectivity index (χ1) is 7.68. The van der Waals surface area contributed by atoms with Crippen LogP contribution in [0.5, 0.6) is 0 Å². The summed E-state index contributed by atoms with van der Waals surface area (Å²) in [7, 11) is -2.93. The molecule has 0 spiro atoms. The van der Waals surface area contributed by atoms with Crippen molar-refractivity contribution in [1.82, 2.24) is 0 Å². The van der Waals surface area contributed by atoms with Crippen molar-refractivity contribution in [2.45, 2.75) is 43.5 Å². The smallest absolute Gasteiger partial charge is 0.153 e. The lowest BCUT2D eigenvalue weighted by atomic mass is 10.2. The highest BCUT2D eigenvalue weighted by atomic mass is 32.2. The van der Waals surface area contributed by atoms with E-state index in [4.69, 9.17) is 9.47 Å². The highest BCUT2D eigenvalue weighted by Crippen LogP contribution is 2.21. The number of hydrogen-bond acceptors (Lipinski definition) is 4. The van der Waals surface area contributed by atoms with Gasteiger partial charge in [0.15, 0.2) is 9.84 Å². The van der Waals surface area contributed by atoms with E-state index < -0.39 is 9.84 Å². The van der Waals surface area contributed by atoms with Gasteiger partial charge in [-0.2, -0.15) is 0 Å². The van der Waals surface area contributed by atoms with Crippen LogP contribution in [0.4, 0.5) is 0 Å². The minimum Gasteiger partial charge on any atom is -0.381 e. The molecule has 4 nitrogen and oxygen atoms in total. The van der Waals surface area contributed by atoms with Gasteiger partial charge in [-0.05, 0) is 32.1 Å². The lowest BCUT2D eigenvalue weighted by molar-refractivity contribution is 0.0976. The van der Waals surface area contributed by atoms with Gasteiger partial charge in [-0.15, -0.1) is 0 Å². The second-order valence-electron chi connectivity index (χ2n) is 4.60. The molecular weight excluding hydrogens is 228 g/mol. The summed E-state index contributed by atoms with van der Waals surface area (Å²) < 4.78 is 34.7. The number of sulfone groups is 1. The molecule has 2 rings (SSSR count). The molecule has 2 aliphatic rings. The maximum Gasteiger partial charge on any atom is 0.153 e. The third-order valence-corrected chi connectivity index (χ3v) is 5.72. The Hall–Kier alpha value is -0.130. The molecule has 2 heterocycles. The van der Waals surface area contributed by atoms with Crippen LogP contribution in [0.15, 0.2) is 0 Å². The summed E-state index contributed by atoms with van der Waals surface area (Å²) in [6.07, 6.45) is 4.25. The largest absolute Gasteiger partial charge is 0.381 e. The molecule has 1 unspecified atom stereocenters. The van der Waals surface area contributed by atoms with Gasteiger partial charge in [0.25, 0.3) is 0 Å². The standard InChI is InChI=1S/C11H20O4S/c12-16(13,11-3-7-14-8-4-11)9-5-10-2-1-6-15-10/h10-11H,1-9H2. The van der Waals surface area contributed by atoms with Crippen LogP contribution in [-0.2, 0) is 19.3 Å². The quantitative estimate of drug-likeness (QED) is 0.749. The van der Waals surface area contributed by atoms with Crippen molar-refractivity contribution < 1.29 is 17.9 Å². The third-order valence-electron chi connectivity index (χ3n) is 3.42. The van der Waals surface area contributed by atoms with Crippen molar-refractivity contribution in [1.29, 1.82) is 0 Å². The van der Waals surface area contributed by atoms with Crippen LogP contribution in [0.25, 0.3) is 0 Å². The van der Waals surface area contributed by atoms with Crippen molar-refractivity contribution >= 4 is 9.84 Å². The van der Waals surface area contributed by atoms with E-state index in [1.54, 1.807) is 0 Å². The molecule has 1 atom stereocenters. The first kappa shape index (κ1) is 12.3. The lowest BCUT2D eigenvalue weighted by Crippen LogP contribution is -2.31. The number of ether oxygens (including phenoxy) is 2. The number of rotatable bonds is 4. The zero-order valence-corrected chi connectivity index (χ0v) is 10.4. The summed E-state index contributed by atoms with van der Waals surface area (Å²) in [6, 6.07) is 0. The molecule has 0 radical (unpaired) electrons. The van der Waals surface area contributed by atoms with Crippen LogP contribution in [0.1, 0.15) is 32.1 Å². The topological polar surface area (TPSA) is 52.6 Å². The van der Waals surface area contributed by atoms with Crippen molar-refractivity contribution in [3.05, 3.63) is 0 Å². The predicted molar refractivity (Wildman–Crippen MR) is 61.2 cm³/mol. The van der Waals surface area contributed by atoms with Gasteiger partial charge in [0.1, 0.15) is 0 Å². The Bertz CT molecular complexity index is 300. The maximum absolute atomic E-state index is 12.0. The molecular formula is C11H20O4S. The Balaban J connectivity index is 1.81. The van der Waals surface area contributed by atoms with E-state index in [2.05, 4.69) is 0 Å². The molecule has 0 aromatic rings. The SMILES string of the molecule is O=S(=O)(CCC1CCCO1)C1CCOCC1. The summed E-state index contributed by atoms with van der Waals surface area (Å²) in [5, 5.41) is -0.178. The Morgan fingerprint density at radius 3 is 2.44 bits per heavy atom. The average Bonchev–Trinajstić information content (AvgIpc) is 2.81. The van der Waals surface area contributed by atoms with Crippen LogP contribution in [0.3, 0.4) is 0 Å². The van der Waals surface area contributed by atoms with Gasteiger partial charge >= 0.3 is 0 Å². The summed E-state index contributed by atoms with van der Waals surface area (Å²) in [5.41, 5.74) is 0. The van der Waals surface area contributed by atoms with Crippen molar-refractivity contribution in [3.8, 4) is 0 Å². The zero-order valence-electron chi connectivity index (χ0n) is 9.56. The van der Waals surface area contributed by atoms with E-state index in [1.165, 1.54) is 0 Å². The fourth-order valence-electron chi connectivity index (χ4n) is 2.37. The summed E-state index contributed by atoms with van der Waals surface area (Å²) in [6.45, 7) is 1.97. The van der Waals surface area contributed by atoms with Crippen LogP contribution in [0, 0.1) is 0 Å². The monoisotopic (exact) mass is 248 g/mol. The minimum absolute atomic E-state index is 0.176. The fourth-order valence-corrected chi connectivity index (χ4v) is 4.20. The van der Waals surface area contributed by atoms with Gasteiger partial charge in [0.05, 0.1) is 17.1 Å². The van der Waals surface area contributed by atoms with Crippen LogP contribution < -0.4 is 0 Å². The average molecular weight is 248 g/mol. The molecule has 0 saturated carbocycles. The molecule has 5 heteroatoms. The van der Waals surface area contributed by atoms with Crippen LogP contribution >= 0.6 is 0 Å². The maximum atomic E-state index is 12.0. The second-order valence-corrected chi connectivity index (χ2v) is 7.00. The van der Waals surface area contributed by atoms with Gasteiger partial charge in [0, 0.05) is 19.8 Å². The Labute approximate surface area is 97.2 Å². The molecule has 0 aromatic heterocycles. The lowest BCUT2D eigenvalue weighted by Gasteiger charge is -2.22. The minimum atomic E-state index is -2.93. The fraction of sp³-hybridized carbons (Fsp3) is 1.00. The molecule has 16 heavy (non-hydrogen) atoms. The molecule has 0 aromatic carbocycles. The van der Waals surface area contributed by atoms with Crippen molar-refractivity contribution in [2.24, 2.45) is 0 Å². The van der Waals surface area contributed by atoms with Gasteiger partial charge in [0.2, 0.25) is 0 Å². The molecule has 0 amide bonds. The van der Waals surface area contributed by atoms with Crippen LogP contribution in [-0.4, -0.2) is 45.3 Å². The molecule has 2 aliphatic heterocycles. The Morgan fingerprint density at radius 2 is 1.81 bits per heavy atom. The molecule has 2 fully saturated rings. The molecule has 94 valence electrons. The highest BCUT2D eigenvalue weighted by molar-refractivity contribution is 7.92. The van der Waals surface area contributed by atoms with E-state index in [-0.39, 0.29) is 17.1 Å². The van der Waals surface area contributed by atoms with E-state index in [0.717, 1.165) is 19.4 Å². The summed E-state index contributed by atoms with van der Waals surface area (Å²) in [4.78, 5) is 0. The van der Waals surface area contributed by atoms with E-state index in [0.29, 0.717) is 32.5 Å².